The summed E-state index contributed by atoms with van der Waals surface area (Å²) >= 11 is 0. The fourth-order valence-corrected chi connectivity index (χ4v) is 3.04. The minimum absolute atomic E-state index is 0. The van der Waals surface area contributed by atoms with E-state index in [0.29, 0.717) is 0 Å². The summed E-state index contributed by atoms with van der Waals surface area (Å²) in [4.78, 5) is 8.82. The van der Waals surface area contributed by atoms with Crippen LogP contribution in [0.1, 0.15) is 29.7 Å². The number of furan rings is 1. The Morgan fingerprint density at radius 2 is 1.89 bits per heavy atom. The van der Waals surface area contributed by atoms with Gasteiger partial charge < -0.3 is 14.6 Å². The number of rotatable bonds is 10. The topological polar surface area (TPSA) is 44.0 Å². The second-order valence-corrected chi connectivity index (χ2v) is 6.77. The number of unbranched alkanes of at least 4 members (excludes halogenated alkanes) is 1. The number of hydrogen-bond donors (Lipinski definition) is 1. The number of hydrogen-bond acceptors (Lipinski definition) is 3. The first-order valence-electron chi connectivity index (χ1n) is 9.44. The number of benzene rings is 1. The van der Waals surface area contributed by atoms with Gasteiger partial charge in [0.2, 0.25) is 0 Å². The van der Waals surface area contributed by atoms with Crippen LogP contribution in [0.4, 0.5) is 0 Å². The molecule has 0 unspecified atom stereocenters. The molecule has 1 N–H and O–H groups in total. The van der Waals surface area contributed by atoms with E-state index in [1.54, 1.807) is 6.26 Å². The molecule has 1 aromatic heterocycles. The Morgan fingerprint density at radius 1 is 1.14 bits per heavy atom. The maximum atomic E-state index is 5.45. The van der Waals surface area contributed by atoms with Crippen LogP contribution in [-0.4, -0.2) is 43.4 Å². The molecule has 0 spiro atoms. The van der Waals surface area contributed by atoms with Gasteiger partial charge >= 0.3 is 0 Å². The monoisotopic (exact) mass is 496 g/mol. The Hall–Kier alpha value is -1.80. The molecular weight excluding hydrogens is 463 g/mol. The van der Waals surface area contributed by atoms with Gasteiger partial charge in [0.25, 0.3) is 0 Å². The van der Waals surface area contributed by atoms with Gasteiger partial charge in [-0.3, -0.25) is 9.89 Å². The van der Waals surface area contributed by atoms with Crippen molar-refractivity contribution in [2.24, 2.45) is 4.99 Å². The van der Waals surface area contributed by atoms with Crippen molar-refractivity contribution in [3.8, 4) is 0 Å². The zero-order chi connectivity index (χ0) is 19.5. The smallest absolute Gasteiger partial charge is 0.193 e. The first-order chi connectivity index (χ1) is 13.1. The van der Waals surface area contributed by atoms with Crippen molar-refractivity contribution in [1.82, 2.24) is 15.1 Å². The predicted molar refractivity (Wildman–Crippen MR) is 128 cm³/mol. The summed E-state index contributed by atoms with van der Waals surface area (Å²) in [6, 6.07) is 12.5. The van der Waals surface area contributed by atoms with Crippen molar-refractivity contribution in [2.45, 2.75) is 32.5 Å². The second kappa shape index (κ2) is 13.4. The van der Waals surface area contributed by atoms with E-state index >= 15 is 0 Å². The molecule has 2 rings (SSSR count). The molecule has 0 bridgehead atoms. The second-order valence-electron chi connectivity index (χ2n) is 6.77. The Kier molecular flexibility index (Phi) is 11.6. The highest BCUT2D eigenvalue weighted by molar-refractivity contribution is 14.0. The van der Waals surface area contributed by atoms with Crippen molar-refractivity contribution in [1.29, 1.82) is 0 Å². The summed E-state index contributed by atoms with van der Waals surface area (Å²) in [6.07, 6.45) is 5.78. The van der Waals surface area contributed by atoms with Gasteiger partial charge in [0, 0.05) is 33.7 Å². The summed E-state index contributed by atoms with van der Waals surface area (Å²) in [7, 11) is 6.01. The lowest BCUT2D eigenvalue weighted by atomic mass is 10.1. The molecule has 154 valence electrons. The molecule has 0 aliphatic heterocycles. The summed E-state index contributed by atoms with van der Waals surface area (Å²) in [5, 5.41) is 3.48. The highest BCUT2D eigenvalue weighted by atomic mass is 127. The summed E-state index contributed by atoms with van der Waals surface area (Å²) in [6.45, 7) is 7.15. The molecule has 0 saturated carbocycles. The average molecular weight is 496 g/mol. The minimum atomic E-state index is 0. The van der Waals surface area contributed by atoms with E-state index in [1.807, 2.05) is 25.3 Å². The van der Waals surface area contributed by atoms with Crippen LogP contribution in [0.3, 0.4) is 0 Å². The highest BCUT2D eigenvalue weighted by Gasteiger charge is 2.09. The Balaban J connectivity index is 0.00000392. The van der Waals surface area contributed by atoms with Crippen molar-refractivity contribution in [2.75, 3.05) is 27.7 Å². The van der Waals surface area contributed by atoms with Gasteiger partial charge in [-0.25, -0.2) is 0 Å². The average Bonchev–Trinajstić information content (AvgIpc) is 3.16. The van der Waals surface area contributed by atoms with Gasteiger partial charge in [-0.2, -0.15) is 0 Å². The van der Waals surface area contributed by atoms with Gasteiger partial charge in [-0.1, -0.05) is 30.3 Å². The molecule has 0 fully saturated rings. The van der Waals surface area contributed by atoms with Crippen molar-refractivity contribution >= 4 is 29.9 Å². The molecule has 0 atom stereocenters. The quantitative estimate of drug-likeness (QED) is 0.173. The minimum Gasteiger partial charge on any atom is -0.468 e. The number of guanidine groups is 1. The van der Waals surface area contributed by atoms with Crippen LogP contribution < -0.4 is 5.32 Å². The maximum Gasteiger partial charge on any atom is 0.193 e. The highest BCUT2D eigenvalue weighted by Crippen LogP contribution is 2.13. The molecule has 1 aromatic carbocycles. The van der Waals surface area contributed by atoms with Gasteiger partial charge in [0.15, 0.2) is 5.96 Å². The number of aliphatic imine (C=N–C) groups is 1. The van der Waals surface area contributed by atoms with Crippen LogP contribution in [0.2, 0.25) is 0 Å². The van der Waals surface area contributed by atoms with Gasteiger partial charge in [-0.05, 0) is 43.1 Å². The van der Waals surface area contributed by atoms with Crippen molar-refractivity contribution in [3.63, 3.8) is 0 Å². The largest absolute Gasteiger partial charge is 0.468 e. The lowest BCUT2D eigenvalue weighted by molar-refractivity contribution is 0.287. The third kappa shape index (κ3) is 8.06. The molecule has 0 saturated heterocycles. The fraction of sp³-hybridized carbons (Fsp3) is 0.409. The van der Waals surface area contributed by atoms with E-state index in [9.17, 15) is 0 Å². The first-order valence-corrected chi connectivity index (χ1v) is 9.44. The predicted octanol–water partition coefficient (Wildman–Crippen LogP) is 4.50. The normalized spacial score (nSPS) is 11.2. The molecule has 6 heteroatoms. The van der Waals surface area contributed by atoms with Crippen LogP contribution >= 0.6 is 24.0 Å². The van der Waals surface area contributed by atoms with Crippen LogP contribution in [0.15, 0.2) is 64.7 Å². The van der Waals surface area contributed by atoms with Crippen LogP contribution in [0.5, 0.6) is 0 Å². The Labute approximate surface area is 186 Å². The van der Waals surface area contributed by atoms with E-state index in [4.69, 9.17) is 4.42 Å². The Morgan fingerprint density at radius 3 is 2.54 bits per heavy atom. The molecule has 28 heavy (non-hydrogen) atoms. The molecule has 0 aliphatic carbocycles. The van der Waals surface area contributed by atoms with E-state index in [1.165, 1.54) is 11.1 Å². The van der Waals surface area contributed by atoms with Crippen LogP contribution in [-0.2, 0) is 19.6 Å². The SMILES string of the molecule is C=CCCCN(C)C(=NC)NCc1ccccc1CN(C)Cc1ccco1.I. The van der Waals surface area contributed by atoms with Crippen LogP contribution in [0, 0.1) is 0 Å². The van der Waals surface area contributed by atoms with E-state index < -0.39 is 0 Å². The number of nitrogens with zero attached hydrogens (tertiary/aromatic N) is 3. The van der Waals surface area contributed by atoms with Gasteiger partial charge in [0.05, 0.1) is 12.8 Å². The molecule has 0 amide bonds. The zero-order valence-electron chi connectivity index (χ0n) is 17.2. The van der Waals surface area contributed by atoms with E-state index in [0.717, 1.165) is 50.7 Å². The molecule has 5 nitrogen and oxygen atoms in total. The van der Waals surface area contributed by atoms with Crippen molar-refractivity contribution < 1.29 is 4.42 Å². The van der Waals surface area contributed by atoms with Gasteiger partial charge in [0.1, 0.15) is 5.76 Å². The molecule has 0 aliphatic rings. The Bertz CT molecular complexity index is 715. The molecule has 0 radical (unpaired) electrons. The number of allylic oxidation sites excluding steroid dienone is 1. The third-order valence-corrected chi connectivity index (χ3v) is 4.48. The lowest BCUT2D eigenvalue weighted by Crippen LogP contribution is -2.39. The fourth-order valence-electron chi connectivity index (χ4n) is 3.04. The summed E-state index contributed by atoms with van der Waals surface area (Å²) < 4.78 is 5.45. The van der Waals surface area contributed by atoms with E-state index in [-0.39, 0.29) is 24.0 Å². The van der Waals surface area contributed by atoms with E-state index in [2.05, 4.69) is 65.0 Å². The lowest BCUT2D eigenvalue weighted by Gasteiger charge is -2.23. The molecule has 2 aromatic rings. The maximum absolute atomic E-state index is 5.45. The summed E-state index contributed by atoms with van der Waals surface area (Å²) in [5.41, 5.74) is 2.59. The first kappa shape index (κ1) is 24.2. The third-order valence-electron chi connectivity index (χ3n) is 4.48. The molecular formula is C22H33IN4O. The summed E-state index contributed by atoms with van der Waals surface area (Å²) in [5.74, 6) is 1.90. The standard InChI is InChI=1S/C22H32N4O.HI/c1-5-6-9-14-26(4)22(23-2)24-16-19-11-7-8-12-20(19)17-25(3)18-21-13-10-15-27-21;/h5,7-8,10-13,15H,1,6,9,14,16-18H2,2-4H3,(H,23,24);1H. The number of halogens is 1. The number of nitrogens with one attached hydrogen (secondary N) is 1. The van der Waals surface area contributed by atoms with Gasteiger partial charge in [-0.15, -0.1) is 30.6 Å². The zero-order valence-corrected chi connectivity index (χ0v) is 19.6. The van der Waals surface area contributed by atoms with Crippen LogP contribution in [0.25, 0.3) is 0 Å². The van der Waals surface area contributed by atoms with Crippen molar-refractivity contribution in [3.05, 3.63) is 72.2 Å². The molecule has 1 heterocycles.